The Morgan fingerprint density at radius 3 is 2.53 bits per heavy atom. The van der Waals surface area contributed by atoms with Crippen LogP contribution in [-0.2, 0) is 6.42 Å². The van der Waals surface area contributed by atoms with Gasteiger partial charge in [0.1, 0.15) is 11.6 Å². The van der Waals surface area contributed by atoms with Crippen LogP contribution in [0.25, 0.3) is 0 Å². The molecule has 0 spiro atoms. The SMILES string of the molecule is CC(C)Cc1nc(C2CCCC2)nc(N)c1Br. The molecule has 1 fully saturated rings. The lowest BCUT2D eigenvalue weighted by Crippen LogP contribution is -2.09. The van der Waals surface area contributed by atoms with E-state index in [1.165, 1.54) is 25.7 Å². The summed E-state index contributed by atoms with van der Waals surface area (Å²) in [5.41, 5.74) is 7.03. The van der Waals surface area contributed by atoms with Crippen LogP contribution in [0.15, 0.2) is 4.47 Å². The second kappa shape index (κ2) is 5.34. The Labute approximate surface area is 111 Å². The molecule has 1 saturated carbocycles. The molecule has 0 amide bonds. The molecule has 0 aliphatic heterocycles. The molecule has 3 nitrogen and oxygen atoms in total. The third-order valence-corrected chi connectivity index (χ3v) is 4.15. The molecule has 2 N–H and O–H groups in total. The normalized spacial score (nSPS) is 16.9. The zero-order valence-corrected chi connectivity index (χ0v) is 12.1. The van der Waals surface area contributed by atoms with E-state index >= 15 is 0 Å². The number of nitrogens with zero attached hydrogens (tertiary/aromatic N) is 2. The van der Waals surface area contributed by atoms with Crippen LogP contribution in [0.4, 0.5) is 5.82 Å². The molecule has 0 saturated heterocycles. The standard InChI is InChI=1S/C13H20BrN3/c1-8(2)7-10-11(14)12(15)17-13(16-10)9-5-3-4-6-9/h8-9H,3-7H2,1-2H3,(H2,15,16,17). The maximum absolute atomic E-state index is 5.97. The second-order valence-corrected chi connectivity index (χ2v) is 6.10. The van der Waals surface area contributed by atoms with Crippen molar-refractivity contribution in [1.29, 1.82) is 0 Å². The van der Waals surface area contributed by atoms with Gasteiger partial charge in [-0.3, -0.25) is 0 Å². The van der Waals surface area contributed by atoms with Crippen molar-refractivity contribution in [3.63, 3.8) is 0 Å². The topological polar surface area (TPSA) is 51.8 Å². The van der Waals surface area contributed by atoms with E-state index in [9.17, 15) is 0 Å². The number of halogens is 1. The van der Waals surface area contributed by atoms with Gasteiger partial charge in [0.15, 0.2) is 0 Å². The van der Waals surface area contributed by atoms with E-state index in [1.807, 2.05) is 0 Å². The minimum absolute atomic E-state index is 0.524. The van der Waals surface area contributed by atoms with Gasteiger partial charge in [0, 0.05) is 5.92 Å². The lowest BCUT2D eigenvalue weighted by molar-refractivity contribution is 0.612. The van der Waals surface area contributed by atoms with E-state index in [1.54, 1.807) is 0 Å². The number of hydrogen-bond donors (Lipinski definition) is 1. The number of hydrogen-bond acceptors (Lipinski definition) is 3. The molecular weight excluding hydrogens is 278 g/mol. The van der Waals surface area contributed by atoms with Crippen molar-refractivity contribution in [1.82, 2.24) is 9.97 Å². The molecule has 4 heteroatoms. The zero-order valence-electron chi connectivity index (χ0n) is 10.5. The van der Waals surface area contributed by atoms with Crippen molar-refractivity contribution in [2.45, 2.75) is 51.9 Å². The molecule has 17 heavy (non-hydrogen) atoms. The van der Waals surface area contributed by atoms with Gasteiger partial charge in [0.2, 0.25) is 0 Å². The minimum Gasteiger partial charge on any atom is -0.383 e. The Bertz CT molecular complexity index is 398. The number of aromatic nitrogens is 2. The van der Waals surface area contributed by atoms with E-state index in [0.717, 1.165) is 22.4 Å². The maximum atomic E-state index is 5.97. The van der Waals surface area contributed by atoms with Crippen LogP contribution >= 0.6 is 15.9 Å². The molecule has 1 aliphatic carbocycles. The van der Waals surface area contributed by atoms with Crippen molar-refractivity contribution >= 4 is 21.7 Å². The molecule has 94 valence electrons. The van der Waals surface area contributed by atoms with Gasteiger partial charge >= 0.3 is 0 Å². The summed E-state index contributed by atoms with van der Waals surface area (Å²) in [5.74, 6) is 2.66. The molecule has 0 aromatic carbocycles. The summed E-state index contributed by atoms with van der Waals surface area (Å²) in [7, 11) is 0. The van der Waals surface area contributed by atoms with Crippen molar-refractivity contribution in [2.75, 3.05) is 5.73 Å². The highest BCUT2D eigenvalue weighted by atomic mass is 79.9. The Morgan fingerprint density at radius 1 is 1.29 bits per heavy atom. The molecule has 2 rings (SSSR count). The number of nitrogen functional groups attached to an aromatic ring is 1. The fourth-order valence-corrected chi connectivity index (χ4v) is 2.76. The predicted molar refractivity (Wildman–Crippen MR) is 73.9 cm³/mol. The molecule has 1 aromatic rings. The van der Waals surface area contributed by atoms with E-state index in [2.05, 4.69) is 34.8 Å². The van der Waals surface area contributed by atoms with Gasteiger partial charge in [-0.15, -0.1) is 0 Å². The average Bonchev–Trinajstić information content (AvgIpc) is 2.77. The first-order valence-electron chi connectivity index (χ1n) is 6.39. The van der Waals surface area contributed by atoms with Gasteiger partial charge in [-0.05, 0) is 41.1 Å². The van der Waals surface area contributed by atoms with Gasteiger partial charge in [-0.2, -0.15) is 0 Å². The van der Waals surface area contributed by atoms with Crippen molar-refractivity contribution in [2.24, 2.45) is 5.92 Å². The van der Waals surface area contributed by atoms with Crippen LogP contribution in [0.5, 0.6) is 0 Å². The molecule has 0 unspecified atom stereocenters. The Hall–Kier alpha value is -0.640. The van der Waals surface area contributed by atoms with E-state index < -0.39 is 0 Å². The zero-order chi connectivity index (χ0) is 12.4. The summed E-state index contributed by atoms with van der Waals surface area (Å²) in [4.78, 5) is 9.16. The summed E-state index contributed by atoms with van der Waals surface area (Å²) in [6, 6.07) is 0. The van der Waals surface area contributed by atoms with Crippen molar-refractivity contribution in [3.05, 3.63) is 16.0 Å². The van der Waals surface area contributed by atoms with E-state index in [4.69, 9.17) is 10.7 Å². The number of rotatable bonds is 3. The molecule has 1 heterocycles. The Kier molecular flexibility index (Phi) is 4.02. The maximum Gasteiger partial charge on any atom is 0.141 e. The summed E-state index contributed by atoms with van der Waals surface area (Å²) < 4.78 is 0.882. The largest absolute Gasteiger partial charge is 0.383 e. The molecule has 0 radical (unpaired) electrons. The van der Waals surface area contributed by atoms with Gasteiger partial charge in [-0.1, -0.05) is 26.7 Å². The number of anilines is 1. The quantitative estimate of drug-likeness (QED) is 0.926. The summed E-state index contributed by atoms with van der Waals surface area (Å²) in [6.45, 7) is 4.39. The first-order valence-corrected chi connectivity index (χ1v) is 7.19. The Morgan fingerprint density at radius 2 is 1.94 bits per heavy atom. The highest BCUT2D eigenvalue weighted by molar-refractivity contribution is 9.10. The van der Waals surface area contributed by atoms with Crippen LogP contribution < -0.4 is 5.73 Å². The molecule has 0 bridgehead atoms. The summed E-state index contributed by atoms with van der Waals surface area (Å²) in [6.07, 6.45) is 5.96. The predicted octanol–water partition coefficient (Wildman–Crippen LogP) is 3.68. The molecule has 1 aliphatic rings. The van der Waals surface area contributed by atoms with Crippen molar-refractivity contribution < 1.29 is 0 Å². The van der Waals surface area contributed by atoms with E-state index in [-0.39, 0.29) is 0 Å². The van der Waals surface area contributed by atoms with Crippen LogP contribution in [0, 0.1) is 5.92 Å². The highest BCUT2D eigenvalue weighted by Crippen LogP contribution is 2.34. The Balaban J connectivity index is 2.31. The fourth-order valence-electron chi connectivity index (χ4n) is 2.42. The van der Waals surface area contributed by atoms with Crippen molar-refractivity contribution in [3.8, 4) is 0 Å². The van der Waals surface area contributed by atoms with Crippen LogP contribution in [-0.4, -0.2) is 9.97 Å². The second-order valence-electron chi connectivity index (χ2n) is 5.31. The number of nitrogens with two attached hydrogens (primary N) is 1. The third-order valence-electron chi connectivity index (χ3n) is 3.28. The summed E-state index contributed by atoms with van der Waals surface area (Å²) in [5, 5.41) is 0. The minimum atomic E-state index is 0.524. The lowest BCUT2D eigenvalue weighted by atomic mass is 10.1. The van der Waals surface area contributed by atoms with Crippen LogP contribution in [0.1, 0.15) is 57.0 Å². The molecular formula is C13H20BrN3. The van der Waals surface area contributed by atoms with E-state index in [0.29, 0.717) is 17.7 Å². The monoisotopic (exact) mass is 297 g/mol. The summed E-state index contributed by atoms with van der Waals surface area (Å²) >= 11 is 3.50. The van der Waals surface area contributed by atoms with Crippen LogP contribution in [0.3, 0.4) is 0 Å². The lowest BCUT2D eigenvalue weighted by Gasteiger charge is -2.13. The van der Waals surface area contributed by atoms with Crippen LogP contribution in [0.2, 0.25) is 0 Å². The average molecular weight is 298 g/mol. The molecule has 1 aromatic heterocycles. The highest BCUT2D eigenvalue weighted by Gasteiger charge is 2.22. The van der Waals surface area contributed by atoms with Gasteiger partial charge in [0.05, 0.1) is 10.2 Å². The third kappa shape index (κ3) is 2.97. The van der Waals surface area contributed by atoms with Gasteiger partial charge < -0.3 is 5.73 Å². The first-order chi connectivity index (χ1) is 8.08. The first kappa shape index (κ1) is 12.8. The fraction of sp³-hybridized carbons (Fsp3) is 0.692. The van der Waals surface area contributed by atoms with Gasteiger partial charge in [-0.25, -0.2) is 9.97 Å². The molecule has 0 atom stereocenters. The van der Waals surface area contributed by atoms with Gasteiger partial charge in [0.25, 0.3) is 0 Å². The smallest absolute Gasteiger partial charge is 0.141 e.